The summed E-state index contributed by atoms with van der Waals surface area (Å²) in [6.45, 7) is 0.821. The molecule has 1 aromatic heterocycles. The van der Waals surface area contributed by atoms with Gasteiger partial charge in [-0.05, 0) is 32.1 Å². The maximum Gasteiger partial charge on any atom is 0.336 e. The van der Waals surface area contributed by atoms with Gasteiger partial charge in [0.1, 0.15) is 0 Å². The number of carbonyl (C=O) groups excluding carboxylic acids is 1. The molecule has 0 radical (unpaired) electrons. The van der Waals surface area contributed by atoms with Crippen LogP contribution >= 0.6 is 11.6 Å². The van der Waals surface area contributed by atoms with Gasteiger partial charge in [0.2, 0.25) is 0 Å². The van der Waals surface area contributed by atoms with Crippen LogP contribution in [0.1, 0.15) is 32.1 Å². The van der Waals surface area contributed by atoms with Gasteiger partial charge < -0.3 is 4.90 Å². The van der Waals surface area contributed by atoms with E-state index in [-0.39, 0.29) is 16.7 Å². The first-order valence-corrected chi connectivity index (χ1v) is 6.89. The van der Waals surface area contributed by atoms with Crippen molar-refractivity contribution in [3.8, 4) is 0 Å². The molecular weight excluding hydrogens is 266 g/mol. The molecule has 2 amide bonds. The van der Waals surface area contributed by atoms with Crippen molar-refractivity contribution >= 4 is 23.4 Å². The van der Waals surface area contributed by atoms with Crippen molar-refractivity contribution in [3.05, 3.63) is 17.5 Å². The maximum absolute atomic E-state index is 12.2. The van der Waals surface area contributed by atoms with Gasteiger partial charge in [-0.25, -0.2) is 14.8 Å². The summed E-state index contributed by atoms with van der Waals surface area (Å²) in [5, 5.41) is 0.238. The lowest BCUT2D eigenvalue weighted by molar-refractivity contribution is 0.141. The molecule has 1 saturated carbocycles. The fourth-order valence-corrected chi connectivity index (χ4v) is 2.81. The number of carbonyl (C=O) groups is 1. The molecule has 1 aromatic rings. The molecule has 2 fully saturated rings. The first-order valence-electron chi connectivity index (χ1n) is 6.51. The van der Waals surface area contributed by atoms with E-state index in [1.165, 1.54) is 18.8 Å². The number of urea groups is 1. The predicted molar refractivity (Wildman–Crippen MR) is 71.7 cm³/mol. The normalized spacial score (nSPS) is 20.2. The average Bonchev–Trinajstić information content (AvgIpc) is 3.18. The van der Waals surface area contributed by atoms with Crippen LogP contribution < -0.4 is 10.9 Å². The minimum Gasteiger partial charge on any atom is -0.318 e. The molecule has 3 rings (SSSR count). The van der Waals surface area contributed by atoms with Crippen molar-refractivity contribution in [2.24, 2.45) is 0 Å². The van der Waals surface area contributed by atoms with E-state index in [4.69, 9.17) is 11.6 Å². The first-order chi connectivity index (χ1) is 9.21. The maximum atomic E-state index is 12.2. The van der Waals surface area contributed by atoms with Gasteiger partial charge in [-0.15, -0.1) is 0 Å². The summed E-state index contributed by atoms with van der Waals surface area (Å²) < 4.78 is 0. The number of nitrogens with zero attached hydrogens (tertiary/aromatic N) is 3. The second-order valence-electron chi connectivity index (χ2n) is 5.08. The number of nitrogens with one attached hydrogen (secondary N) is 2. The van der Waals surface area contributed by atoms with Crippen molar-refractivity contribution in [2.75, 3.05) is 12.0 Å². The van der Waals surface area contributed by atoms with E-state index in [2.05, 4.69) is 20.8 Å². The fraction of sp³-hybridized carbons (Fsp3) is 0.583. The zero-order chi connectivity index (χ0) is 13.3. The SMILES string of the molecule is O=C(NNc1nccnc1Cl)N1CCCCC12CC2. The standard InChI is InChI=1S/C12H16ClN5O/c13-9-10(15-7-6-14-9)16-17-11(19)18-8-2-1-3-12(18)4-5-12/h6-7H,1-5,8H2,(H,15,16)(H,17,19). The fourth-order valence-electron chi connectivity index (χ4n) is 2.66. The Labute approximate surface area is 116 Å². The zero-order valence-corrected chi connectivity index (χ0v) is 11.3. The van der Waals surface area contributed by atoms with Gasteiger partial charge in [0.05, 0.1) is 0 Å². The molecule has 102 valence electrons. The van der Waals surface area contributed by atoms with Crippen molar-refractivity contribution in [2.45, 2.75) is 37.6 Å². The Morgan fingerprint density at radius 2 is 2.05 bits per heavy atom. The summed E-state index contributed by atoms with van der Waals surface area (Å²) in [6, 6.07) is -0.112. The zero-order valence-electron chi connectivity index (χ0n) is 10.5. The van der Waals surface area contributed by atoms with Gasteiger partial charge in [0.25, 0.3) is 0 Å². The van der Waals surface area contributed by atoms with Gasteiger partial charge in [0.15, 0.2) is 11.0 Å². The number of rotatable bonds is 2. The monoisotopic (exact) mass is 281 g/mol. The average molecular weight is 282 g/mol. The predicted octanol–water partition coefficient (Wildman–Crippen LogP) is 2.18. The molecule has 0 unspecified atom stereocenters. The summed E-state index contributed by atoms with van der Waals surface area (Å²) in [4.78, 5) is 22.0. The Bertz CT molecular complexity index is 491. The van der Waals surface area contributed by atoms with E-state index in [1.54, 1.807) is 0 Å². The van der Waals surface area contributed by atoms with Crippen molar-refractivity contribution in [1.29, 1.82) is 0 Å². The van der Waals surface area contributed by atoms with Crippen molar-refractivity contribution in [3.63, 3.8) is 0 Å². The summed E-state index contributed by atoms with van der Waals surface area (Å²) in [5.74, 6) is 0.361. The lowest BCUT2D eigenvalue weighted by atomic mass is 10.0. The number of hydrogen-bond donors (Lipinski definition) is 2. The number of amides is 2. The molecule has 0 bridgehead atoms. The summed E-state index contributed by atoms with van der Waals surface area (Å²) in [7, 11) is 0. The number of hydrazine groups is 1. The Hall–Kier alpha value is -1.56. The van der Waals surface area contributed by atoms with Crippen LogP contribution in [-0.4, -0.2) is 33.0 Å². The van der Waals surface area contributed by atoms with Gasteiger partial charge >= 0.3 is 6.03 Å². The van der Waals surface area contributed by atoms with Crippen LogP contribution in [0.5, 0.6) is 0 Å². The number of likely N-dealkylation sites (tertiary alicyclic amines) is 1. The highest BCUT2D eigenvalue weighted by Gasteiger charge is 2.50. The topological polar surface area (TPSA) is 70.1 Å². The molecular formula is C12H16ClN5O. The number of piperidine rings is 1. The first kappa shape index (κ1) is 12.5. The van der Waals surface area contributed by atoms with Crippen LogP contribution in [-0.2, 0) is 0 Å². The second-order valence-corrected chi connectivity index (χ2v) is 5.44. The Balaban J connectivity index is 1.61. The summed E-state index contributed by atoms with van der Waals surface area (Å²) in [5.41, 5.74) is 5.51. The van der Waals surface area contributed by atoms with Crippen LogP contribution in [0.2, 0.25) is 5.15 Å². The van der Waals surface area contributed by atoms with E-state index < -0.39 is 0 Å². The van der Waals surface area contributed by atoms with Crippen molar-refractivity contribution < 1.29 is 4.79 Å². The summed E-state index contributed by atoms with van der Waals surface area (Å²) >= 11 is 5.86. The third-order valence-corrected chi connectivity index (χ3v) is 4.14. The molecule has 0 atom stereocenters. The van der Waals surface area contributed by atoms with Gasteiger partial charge in [-0.3, -0.25) is 10.9 Å². The van der Waals surface area contributed by atoms with Crippen molar-refractivity contribution in [1.82, 2.24) is 20.3 Å². The second kappa shape index (κ2) is 4.85. The van der Waals surface area contributed by atoms with Crippen LogP contribution in [0, 0.1) is 0 Å². The molecule has 2 aliphatic rings. The van der Waals surface area contributed by atoms with Gasteiger partial charge in [0, 0.05) is 24.5 Å². The quantitative estimate of drug-likeness (QED) is 0.815. The lowest BCUT2D eigenvalue weighted by Crippen LogP contribution is -2.51. The molecule has 0 aromatic carbocycles. The third kappa shape index (κ3) is 2.45. The van der Waals surface area contributed by atoms with Crippen LogP contribution in [0.15, 0.2) is 12.4 Å². The third-order valence-electron chi connectivity index (χ3n) is 3.86. The number of aromatic nitrogens is 2. The molecule has 1 aliphatic heterocycles. The highest BCUT2D eigenvalue weighted by molar-refractivity contribution is 6.31. The number of anilines is 1. The van der Waals surface area contributed by atoms with E-state index >= 15 is 0 Å². The molecule has 7 heteroatoms. The number of halogens is 1. The van der Waals surface area contributed by atoms with Gasteiger partial charge in [-0.1, -0.05) is 11.6 Å². The van der Waals surface area contributed by atoms with Crippen LogP contribution in [0.4, 0.5) is 10.6 Å². The Kier molecular flexibility index (Phi) is 3.18. The molecule has 2 N–H and O–H groups in total. The smallest absolute Gasteiger partial charge is 0.318 e. The highest BCUT2D eigenvalue weighted by Crippen LogP contribution is 2.48. The molecule has 1 spiro atoms. The largest absolute Gasteiger partial charge is 0.336 e. The number of hydrogen-bond acceptors (Lipinski definition) is 4. The molecule has 1 aliphatic carbocycles. The highest BCUT2D eigenvalue weighted by atomic mass is 35.5. The molecule has 6 nitrogen and oxygen atoms in total. The van der Waals surface area contributed by atoms with E-state index in [0.717, 1.165) is 32.2 Å². The minimum absolute atomic E-state index is 0.112. The molecule has 2 heterocycles. The molecule has 19 heavy (non-hydrogen) atoms. The van der Waals surface area contributed by atoms with Gasteiger partial charge in [-0.2, -0.15) is 0 Å². The summed E-state index contributed by atoms with van der Waals surface area (Å²) in [6.07, 6.45) is 8.65. The van der Waals surface area contributed by atoms with Crippen LogP contribution in [0.25, 0.3) is 0 Å². The Morgan fingerprint density at radius 3 is 2.79 bits per heavy atom. The van der Waals surface area contributed by atoms with Crippen LogP contribution in [0.3, 0.4) is 0 Å². The minimum atomic E-state index is -0.112. The van der Waals surface area contributed by atoms with E-state index in [1.807, 2.05) is 4.90 Å². The Morgan fingerprint density at radius 1 is 1.26 bits per heavy atom. The molecule has 1 saturated heterocycles. The van der Waals surface area contributed by atoms with E-state index in [0.29, 0.717) is 5.82 Å². The lowest BCUT2D eigenvalue weighted by Gasteiger charge is -2.36. The van der Waals surface area contributed by atoms with E-state index in [9.17, 15) is 4.79 Å².